The zero-order chi connectivity index (χ0) is 38.5. The minimum Gasteiger partial charge on any atom is -0.455 e. The van der Waals surface area contributed by atoms with E-state index < -0.39 is 0 Å². The molecule has 2 aliphatic rings. The highest BCUT2D eigenvalue weighted by Crippen LogP contribution is 2.62. The summed E-state index contributed by atoms with van der Waals surface area (Å²) in [7, 11) is 0. The average Bonchev–Trinajstić information content (AvgIpc) is 3.82. The number of para-hydroxylation sites is 2. The Balaban J connectivity index is 1.01. The molecule has 0 bridgehead atoms. The quantitative estimate of drug-likeness (QED) is 0.170. The molecule has 0 spiro atoms. The minimum absolute atomic E-state index is 0.285. The first-order valence-electron chi connectivity index (χ1n) is 19.9. The van der Waals surface area contributed by atoms with Crippen LogP contribution in [0.2, 0.25) is 0 Å². The van der Waals surface area contributed by atoms with Gasteiger partial charge in [0.15, 0.2) is 0 Å². The third-order valence-electron chi connectivity index (χ3n) is 12.5. The van der Waals surface area contributed by atoms with Crippen LogP contribution in [0, 0.1) is 0 Å². The summed E-state index contributed by atoms with van der Waals surface area (Å²) < 4.78 is 7.10. The molecular formula is C54H42N2O. The number of rotatable bonds is 6. The molecule has 2 aliphatic carbocycles. The molecule has 0 radical (unpaired) electrons. The van der Waals surface area contributed by atoms with Crippen molar-refractivity contribution in [3.05, 3.63) is 204 Å². The van der Waals surface area contributed by atoms with E-state index >= 15 is 0 Å². The molecule has 0 atom stereocenters. The van der Waals surface area contributed by atoms with Crippen molar-refractivity contribution < 1.29 is 4.42 Å². The second kappa shape index (κ2) is 12.3. The van der Waals surface area contributed by atoms with Crippen LogP contribution in [-0.2, 0) is 10.8 Å². The van der Waals surface area contributed by atoms with Gasteiger partial charge in [0, 0.05) is 67.2 Å². The molecule has 11 rings (SSSR count). The second-order valence-electron chi connectivity index (χ2n) is 16.6. The monoisotopic (exact) mass is 734 g/mol. The molecule has 0 N–H and O–H groups in total. The maximum atomic E-state index is 7.10. The summed E-state index contributed by atoms with van der Waals surface area (Å²) in [5.41, 5.74) is 13.8. The molecular weight excluding hydrogens is 693 g/mol. The van der Waals surface area contributed by atoms with E-state index in [2.05, 4.69) is 219 Å². The van der Waals surface area contributed by atoms with E-state index in [-0.39, 0.29) is 10.8 Å². The van der Waals surface area contributed by atoms with E-state index in [9.17, 15) is 0 Å². The molecule has 1 heterocycles. The Labute approximate surface area is 334 Å². The van der Waals surface area contributed by atoms with Gasteiger partial charge in [0.2, 0.25) is 0 Å². The molecule has 3 heteroatoms. The number of fused-ring (bicyclic) bond motifs is 9. The van der Waals surface area contributed by atoms with Gasteiger partial charge in [-0.2, -0.15) is 0 Å². The molecule has 9 aromatic rings. The molecule has 0 amide bonds. The van der Waals surface area contributed by atoms with Gasteiger partial charge in [-0.1, -0.05) is 125 Å². The summed E-state index contributed by atoms with van der Waals surface area (Å²) in [5, 5.41) is 4.92. The van der Waals surface area contributed by atoms with Crippen LogP contribution in [0.15, 0.2) is 186 Å². The molecule has 57 heavy (non-hydrogen) atoms. The zero-order valence-electron chi connectivity index (χ0n) is 32.6. The molecule has 0 aliphatic heterocycles. The van der Waals surface area contributed by atoms with Gasteiger partial charge in [-0.15, -0.1) is 0 Å². The summed E-state index contributed by atoms with van der Waals surface area (Å²) in [6.45, 7) is 9.51. The lowest BCUT2D eigenvalue weighted by molar-refractivity contribution is 0.592. The van der Waals surface area contributed by atoms with Crippen LogP contribution in [0.25, 0.3) is 44.2 Å². The van der Waals surface area contributed by atoms with E-state index in [1.54, 1.807) is 0 Å². The third kappa shape index (κ3) is 5.05. The maximum Gasteiger partial charge on any atom is 0.139 e. The van der Waals surface area contributed by atoms with E-state index in [1.807, 2.05) is 0 Å². The Morgan fingerprint density at radius 3 is 1.11 bits per heavy atom. The fourth-order valence-corrected chi connectivity index (χ4v) is 9.73. The highest BCUT2D eigenvalue weighted by atomic mass is 16.3. The van der Waals surface area contributed by atoms with Crippen LogP contribution >= 0.6 is 0 Å². The minimum atomic E-state index is -0.285. The Morgan fingerprint density at radius 1 is 0.333 bits per heavy atom. The average molecular weight is 735 g/mol. The van der Waals surface area contributed by atoms with Gasteiger partial charge in [-0.3, -0.25) is 0 Å². The van der Waals surface area contributed by atoms with Crippen molar-refractivity contribution in [1.29, 1.82) is 0 Å². The SMILES string of the molecule is CC1(C)c2cc(N(c3ccccc3)c3ccc4ccccc4c3)ccc2-c2oc3c(c21)C(C)(C)c1cc(N(c2ccccc2)c2ccc4ccccc4c2)ccc1-3. The predicted molar refractivity (Wildman–Crippen MR) is 238 cm³/mol. The van der Waals surface area contributed by atoms with Gasteiger partial charge >= 0.3 is 0 Å². The molecule has 0 saturated heterocycles. The Kier molecular flexibility index (Phi) is 7.25. The summed E-state index contributed by atoms with van der Waals surface area (Å²) in [4.78, 5) is 4.76. The molecule has 0 fully saturated rings. The first-order chi connectivity index (χ1) is 27.8. The number of hydrogen-bond acceptors (Lipinski definition) is 3. The zero-order valence-corrected chi connectivity index (χ0v) is 32.6. The lowest BCUT2D eigenvalue weighted by Crippen LogP contribution is -2.23. The van der Waals surface area contributed by atoms with Crippen molar-refractivity contribution in [1.82, 2.24) is 0 Å². The lowest BCUT2D eigenvalue weighted by Gasteiger charge is -2.30. The van der Waals surface area contributed by atoms with Gasteiger partial charge in [0.05, 0.1) is 0 Å². The van der Waals surface area contributed by atoms with Gasteiger partial charge < -0.3 is 14.2 Å². The van der Waals surface area contributed by atoms with Gasteiger partial charge in [0.25, 0.3) is 0 Å². The summed E-state index contributed by atoms with van der Waals surface area (Å²) in [5.74, 6) is 2.02. The highest BCUT2D eigenvalue weighted by Gasteiger charge is 2.50. The summed E-state index contributed by atoms with van der Waals surface area (Å²) >= 11 is 0. The van der Waals surface area contributed by atoms with Crippen LogP contribution in [0.3, 0.4) is 0 Å². The fraction of sp³-hybridized carbons (Fsp3) is 0.111. The second-order valence-corrected chi connectivity index (χ2v) is 16.6. The maximum absolute atomic E-state index is 7.10. The van der Waals surface area contributed by atoms with Gasteiger partial charge in [0.1, 0.15) is 11.5 Å². The lowest BCUT2D eigenvalue weighted by atomic mass is 9.74. The number of hydrogen-bond donors (Lipinski definition) is 0. The van der Waals surface area contributed by atoms with Crippen LogP contribution < -0.4 is 9.80 Å². The smallest absolute Gasteiger partial charge is 0.139 e. The first-order valence-corrected chi connectivity index (χ1v) is 19.9. The molecule has 3 nitrogen and oxygen atoms in total. The van der Waals surface area contributed by atoms with E-state index in [0.29, 0.717) is 0 Å². The van der Waals surface area contributed by atoms with E-state index in [0.717, 1.165) is 45.6 Å². The van der Waals surface area contributed by atoms with Crippen molar-refractivity contribution in [3.8, 4) is 22.6 Å². The first kappa shape index (κ1) is 33.5. The molecule has 0 unspecified atom stereocenters. The van der Waals surface area contributed by atoms with Crippen LogP contribution in [0.1, 0.15) is 49.9 Å². The summed E-state index contributed by atoms with van der Waals surface area (Å²) in [6, 6.07) is 65.9. The fourth-order valence-electron chi connectivity index (χ4n) is 9.73. The topological polar surface area (TPSA) is 19.6 Å². The van der Waals surface area contributed by atoms with Crippen molar-refractivity contribution in [3.63, 3.8) is 0 Å². The largest absolute Gasteiger partial charge is 0.455 e. The summed E-state index contributed by atoms with van der Waals surface area (Å²) in [6.07, 6.45) is 0. The van der Waals surface area contributed by atoms with Crippen molar-refractivity contribution in [2.75, 3.05) is 9.80 Å². The number of furan rings is 1. The van der Waals surface area contributed by atoms with Crippen LogP contribution in [0.4, 0.5) is 34.1 Å². The predicted octanol–water partition coefficient (Wildman–Crippen LogP) is 15.1. The molecule has 0 saturated carbocycles. The Bertz CT molecular complexity index is 2820. The van der Waals surface area contributed by atoms with E-state index in [1.165, 1.54) is 54.9 Å². The normalized spacial score (nSPS) is 14.2. The van der Waals surface area contributed by atoms with Gasteiger partial charge in [-0.25, -0.2) is 0 Å². The van der Waals surface area contributed by atoms with Crippen LogP contribution in [-0.4, -0.2) is 0 Å². The van der Waals surface area contributed by atoms with Crippen molar-refractivity contribution in [2.45, 2.75) is 38.5 Å². The van der Waals surface area contributed by atoms with Gasteiger partial charge in [-0.05, 0) is 118 Å². The molecule has 8 aromatic carbocycles. The van der Waals surface area contributed by atoms with Crippen LogP contribution in [0.5, 0.6) is 0 Å². The van der Waals surface area contributed by atoms with Crippen molar-refractivity contribution >= 4 is 55.7 Å². The molecule has 1 aromatic heterocycles. The Hall–Kier alpha value is -6.84. The molecule has 274 valence electrons. The highest BCUT2D eigenvalue weighted by molar-refractivity contribution is 5.94. The third-order valence-corrected chi connectivity index (χ3v) is 12.5. The number of benzene rings is 8. The Morgan fingerprint density at radius 2 is 0.684 bits per heavy atom. The standard InChI is InChI=1S/C54H42N2O/c1-53(2)47-33-43(55(39-19-7-5-8-20-39)41-25-23-35-15-11-13-17-37(35)31-41)27-29-45(47)51-49(53)50-52(57-51)46-30-28-44(34-48(46)54(50,3)4)56(40-21-9-6-10-22-40)42-26-24-36-16-12-14-18-38(36)32-42/h5-34H,1-4H3. The van der Waals surface area contributed by atoms with Crippen molar-refractivity contribution in [2.24, 2.45) is 0 Å². The number of nitrogens with zero attached hydrogens (tertiary/aromatic N) is 2. The number of anilines is 6. The van der Waals surface area contributed by atoms with E-state index in [4.69, 9.17) is 4.42 Å².